The number of hydrogen-bond donors (Lipinski definition) is 1. The van der Waals surface area contributed by atoms with Crippen LogP contribution < -0.4 is 5.43 Å². The Balaban J connectivity index is 1.53. The normalized spacial score (nSPS) is 23.2. The lowest BCUT2D eigenvalue weighted by molar-refractivity contribution is 0.0743. The van der Waals surface area contributed by atoms with Crippen LogP contribution in [0.15, 0.2) is 48.1 Å². The van der Waals surface area contributed by atoms with Gasteiger partial charge < -0.3 is 0 Å². The number of para-hydroxylation sites is 1. The third kappa shape index (κ3) is 5.01. The van der Waals surface area contributed by atoms with Crippen LogP contribution in [0.5, 0.6) is 0 Å². The number of hydrazine groups is 1. The molecule has 180 valence electrons. The molecule has 2 aliphatic carbocycles. The van der Waals surface area contributed by atoms with E-state index in [1.165, 1.54) is 24.1 Å². The molecular weight excluding hydrogens is 444 g/mol. The maximum Gasteiger partial charge on any atom is 0.286 e. The first kappa shape index (κ1) is 23.4. The van der Waals surface area contributed by atoms with Crippen molar-refractivity contribution in [2.75, 3.05) is 13.1 Å². The van der Waals surface area contributed by atoms with E-state index >= 15 is 0 Å². The van der Waals surface area contributed by atoms with E-state index in [1.807, 2.05) is 28.9 Å². The van der Waals surface area contributed by atoms with Crippen LogP contribution in [0.25, 0.3) is 5.69 Å². The second-order valence-corrected chi connectivity index (χ2v) is 10.5. The van der Waals surface area contributed by atoms with Crippen LogP contribution in [0.2, 0.25) is 5.02 Å². The minimum Gasteiger partial charge on any atom is -0.283 e. The fraction of sp³-hybridized carbons (Fsp3) is 0.500. The van der Waals surface area contributed by atoms with Crippen molar-refractivity contribution >= 4 is 17.5 Å². The summed E-state index contributed by atoms with van der Waals surface area (Å²) < 4.78 is 1.99. The lowest BCUT2D eigenvalue weighted by Gasteiger charge is -2.26. The van der Waals surface area contributed by atoms with E-state index in [2.05, 4.69) is 35.6 Å². The molecule has 2 atom stereocenters. The Morgan fingerprint density at radius 1 is 1.15 bits per heavy atom. The number of nitrogens with one attached hydrogen (secondary N) is 1. The molecule has 2 unspecified atom stereocenters. The highest BCUT2D eigenvalue weighted by Crippen LogP contribution is 2.40. The van der Waals surface area contributed by atoms with Gasteiger partial charge in [0.25, 0.3) is 5.91 Å². The highest BCUT2D eigenvalue weighted by Gasteiger charge is 2.32. The van der Waals surface area contributed by atoms with Gasteiger partial charge in [0, 0.05) is 24.6 Å². The van der Waals surface area contributed by atoms with Crippen molar-refractivity contribution in [3.05, 3.63) is 70.0 Å². The van der Waals surface area contributed by atoms with Crippen molar-refractivity contribution in [2.45, 2.75) is 70.6 Å². The summed E-state index contributed by atoms with van der Waals surface area (Å²) in [5, 5.41) is 7.67. The number of halogens is 1. The second-order valence-electron chi connectivity index (χ2n) is 10.0. The summed E-state index contributed by atoms with van der Waals surface area (Å²) in [6, 6.07) is 7.85. The van der Waals surface area contributed by atoms with Crippen LogP contribution in [0.3, 0.4) is 0 Å². The lowest BCUT2D eigenvalue weighted by Crippen LogP contribution is -2.45. The minimum absolute atomic E-state index is 0.0827. The highest BCUT2D eigenvalue weighted by molar-refractivity contribution is 6.32. The lowest BCUT2D eigenvalue weighted by atomic mass is 9.84. The summed E-state index contributed by atoms with van der Waals surface area (Å²) >= 11 is 6.65. The molecule has 0 saturated carbocycles. The monoisotopic (exact) mass is 478 g/mol. The Bertz CT molecular complexity index is 1100. The van der Waals surface area contributed by atoms with Gasteiger partial charge in [0.1, 0.15) is 0 Å². The molecule has 1 amide bonds. The number of carbonyl (C=O) groups excluding carboxylic acids is 1. The number of carbonyl (C=O) groups is 1. The zero-order chi connectivity index (χ0) is 23.5. The van der Waals surface area contributed by atoms with Crippen molar-refractivity contribution in [1.29, 1.82) is 0 Å². The fourth-order valence-electron chi connectivity index (χ4n) is 5.69. The van der Waals surface area contributed by atoms with E-state index < -0.39 is 0 Å². The number of amides is 1. The molecule has 1 saturated heterocycles. The molecule has 34 heavy (non-hydrogen) atoms. The van der Waals surface area contributed by atoms with Crippen molar-refractivity contribution in [1.82, 2.24) is 20.2 Å². The number of rotatable bonds is 5. The molecule has 1 aromatic carbocycles. The molecule has 5 nitrogen and oxygen atoms in total. The average Bonchev–Trinajstić information content (AvgIpc) is 3.10. The molecule has 0 radical (unpaired) electrons. The first-order valence-electron chi connectivity index (χ1n) is 12.9. The number of fused-ring (bicyclic) bond motifs is 1. The van der Waals surface area contributed by atoms with E-state index in [0.29, 0.717) is 22.6 Å². The zero-order valence-corrected chi connectivity index (χ0v) is 20.9. The largest absolute Gasteiger partial charge is 0.286 e. The third-order valence-electron chi connectivity index (χ3n) is 7.51. The van der Waals surface area contributed by atoms with Gasteiger partial charge in [-0.2, -0.15) is 5.10 Å². The van der Waals surface area contributed by atoms with E-state index in [-0.39, 0.29) is 5.91 Å². The van der Waals surface area contributed by atoms with E-state index in [9.17, 15) is 4.79 Å². The molecule has 1 N–H and O–H groups in total. The van der Waals surface area contributed by atoms with Crippen LogP contribution in [0.4, 0.5) is 0 Å². The summed E-state index contributed by atoms with van der Waals surface area (Å²) in [6.45, 7) is 3.97. The van der Waals surface area contributed by atoms with Gasteiger partial charge in [-0.05, 0) is 69.9 Å². The van der Waals surface area contributed by atoms with Crippen molar-refractivity contribution < 1.29 is 4.79 Å². The van der Waals surface area contributed by atoms with Gasteiger partial charge in [-0.15, -0.1) is 0 Å². The first-order valence-corrected chi connectivity index (χ1v) is 13.3. The van der Waals surface area contributed by atoms with Gasteiger partial charge in [-0.3, -0.25) is 10.2 Å². The van der Waals surface area contributed by atoms with Gasteiger partial charge in [-0.1, -0.05) is 60.4 Å². The molecule has 1 fully saturated rings. The Kier molecular flexibility index (Phi) is 7.21. The van der Waals surface area contributed by atoms with Crippen molar-refractivity contribution in [3.63, 3.8) is 0 Å². The zero-order valence-electron chi connectivity index (χ0n) is 20.1. The molecule has 1 aromatic heterocycles. The molecule has 5 rings (SSSR count). The summed E-state index contributed by atoms with van der Waals surface area (Å²) in [5.74, 6) is 0.778. The number of nitrogens with zero attached hydrogens (tertiary/aromatic N) is 3. The topological polar surface area (TPSA) is 50.2 Å². The van der Waals surface area contributed by atoms with Crippen LogP contribution in [-0.2, 0) is 6.42 Å². The molecule has 6 heteroatoms. The standard InChI is InChI=1S/C28H35ClN4O/c1-20-13-15-21(16-14-20)19-22-9-3-4-10-23-26(28(34)31-32-17-7-2-8-18-32)30-33(27(22)23)25-12-6-5-11-24(25)29/h5-6,11-15,21-22H,2-4,7-10,16-19H2,1H3,(H,31,34). The number of aromatic nitrogens is 2. The molecule has 2 heterocycles. The van der Waals surface area contributed by atoms with Crippen LogP contribution >= 0.6 is 11.6 Å². The van der Waals surface area contributed by atoms with Crippen molar-refractivity contribution in [3.8, 4) is 5.69 Å². The van der Waals surface area contributed by atoms with E-state index in [0.717, 1.165) is 69.3 Å². The molecule has 0 bridgehead atoms. The maximum absolute atomic E-state index is 13.5. The predicted molar refractivity (Wildman–Crippen MR) is 137 cm³/mol. The highest BCUT2D eigenvalue weighted by atomic mass is 35.5. The van der Waals surface area contributed by atoms with E-state index in [1.54, 1.807) is 0 Å². The molecule has 3 aliphatic rings. The SMILES string of the molecule is CC1=CCC(CC2CCCCc3c(C(=O)NN4CCCCC4)nn(-c4ccccc4Cl)c32)C=C1. The summed E-state index contributed by atoms with van der Waals surface area (Å²) in [5.41, 5.74) is 8.23. The summed E-state index contributed by atoms with van der Waals surface area (Å²) in [6.07, 6.45) is 16.8. The molecule has 2 aromatic rings. The average molecular weight is 479 g/mol. The van der Waals surface area contributed by atoms with Gasteiger partial charge in [0.15, 0.2) is 5.69 Å². The summed E-state index contributed by atoms with van der Waals surface area (Å²) in [4.78, 5) is 13.5. The van der Waals surface area contributed by atoms with Crippen molar-refractivity contribution in [2.24, 2.45) is 5.92 Å². The van der Waals surface area contributed by atoms with Gasteiger partial charge in [0.2, 0.25) is 0 Å². The Morgan fingerprint density at radius 3 is 2.74 bits per heavy atom. The maximum atomic E-state index is 13.5. The Hall–Kier alpha value is -2.37. The van der Waals surface area contributed by atoms with E-state index in [4.69, 9.17) is 16.7 Å². The quantitative estimate of drug-likeness (QED) is 0.507. The van der Waals surface area contributed by atoms with Gasteiger partial charge >= 0.3 is 0 Å². The van der Waals surface area contributed by atoms with Gasteiger partial charge in [0.05, 0.1) is 16.4 Å². The van der Waals surface area contributed by atoms with Gasteiger partial charge in [-0.25, -0.2) is 9.69 Å². The van der Waals surface area contributed by atoms with Crippen LogP contribution in [0, 0.1) is 5.92 Å². The molecular formula is C28H35ClN4O. The molecule has 1 aliphatic heterocycles. The Labute approximate surface area is 207 Å². The number of allylic oxidation sites excluding steroid dienone is 4. The Morgan fingerprint density at radius 2 is 1.97 bits per heavy atom. The number of piperidine rings is 1. The molecule has 0 spiro atoms. The fourth-order valence-corrected chi connectivity index (χ4v) is 5.91. The predicted octanol–water partition coefficient (Wildman–Crippen LogP) is 6.38. The first-order chi connectivity index (χ1) is 16.6. The third-order valence-corrected chi connectivity index (χ3v) is 7.83. The second kappa shape index (κ2) is 10.5. The smallest absolute Gasteiger partial charge is 0.283 e. The number of hydrogen-bond acceptors (Lipinski definition) is 3. The van der Waals surface area contributed by atoms with Crippen LogP contribution in [0.1, 0.15) is 86.0 Å². The van der Waals surface area contributed by atoms with Crippen LogP contribution in [-0.4, -0.2) is 33.8 Å². The summed E-state index contributed by atoms with van der Waals surface area (Å²) in [7, 11) is 0. The minimum atomic E-state index is -0.0827. The number of benzene rings is 1.